The molecule has 3 N–H and O–H groups in total. The number of rotatable bonds is 6. The maximum absolute atomic E-state index is 13.7. The summed E-state index contributed by atoms with van der Waals surface area (Å²) < 4.78 is 40.2. The smallest absolute Gasteiger partial charge is 0.241 e. The Bertz CT molecular complexity index is 721. The molecule has 8 nitrogen and oxygen atoms in total. The number of hydrogen-bond acceptors (Lipinski definition) is 6. The Kier molecular flexibility index (Phi) is 4.83. The Morgan fingerprint density at radius 1 is 1.38 bits per heavy atom. The quantitative estimate of drug-likeness (QED) is 0.695. The lowest BCUT2D eigenvalue weighted by Gasteiger charge is -2.10. The number of H-pyrrole nitrogens is 1. The summed E-state index contributed by atoms with van der Waals surface area (Å²) in [6, 6.07) is 2.17. The van der Waals surface area contributed by atoms with Crippen molar-refractivity contribution in [1.82, 2.24) is 30.7 Å². The second-order valence-electron chi connectivity index (χ2n) is 4.06. The minimum atomic E-state index is -3.91. The van der Waals surface area contributed by atoms with E-state index in [4.69, 9.17) is 11.6 Å². The van der Waals surface area contributed by atoms with Gasteiger partial charge < -0.3 is 5.32 Å². The van der Waals surface area contributed by atoms with Crippen LogP contribution >= 0.6 is 11.6 Å². The van der Waals surface area contributed by atoms with E-state index in [9.17, 15) is 12.8 Å². The van der Waals surface area contributed by atoms with Gasteiger partial charge in [0.15, 0.2) is 5.82 Å². The van der Waals surface area contributed by atoms with Crippen LogP contribution in [-0.2, 0) is 23.1 Å². The van der Waals surface area contributed by atoms with Gasteiger partial charge in [0, 0.05) is 6.54 Å². The van der Waals surface area contributed by atoms with Crippen molar-refractivity contribution in [3.05, 3.63) is 34.4 Å². The van der Waals surface area contributed by atoms with Crippen molar-refractivity contribution in [3.8, 4) is 0 Å². The fourth-order valence-corrected chi connectivity index (χ4v) is 2.81. The average molecular weight is 335 g/mol. The fourth-order valence-electron chi connectivity index (χ4n) is 1.59. The highest BCUT2D eigenvalue weighted by Crippen LogP contribution is 2.24. The zero-order valence-electron chi connectivity index (χ0n) is 10.9. The van der Waals surface area contributed by atoms with Crippen molar-refractivity contribution in [2.75, 3.05) is 7.05 Å². The molecule has 0 saturated carbocycles. The first kappa shape index (κ1) is 15.8. The van der Waals surface area contributed by atoms with Crippen LogP contribution in [0, 0.1) is 5.82 Å². The van der Waals surface area contributed by atoms with Gasteiger partial charge in [0.1, 0.15) is 5.82 Å². The molecule has 1 aromatic heterocycles. The number of aromatic amines is 1. The SMILES string of the molecule is CNCc1cc(S(=O)(=O)NCc2nn[nH]n2)cc(F)c1Cl. The first-order valence-corrected chi connectivity index (χ1v) is 7.64. The van der Waals surface area contributed by atoms with E-state index in [0.29, 0.717) is 5.56 Å². The highest BCUT2D eigenvalue weighted by atomic mass is 35.5. The first-order valence-electron chi connectivity index (χ1n) is 5.78. The molecule has 21 heavy (non-hydrogen) atoms. The van der Waals surface area contributed by atoms with Gasteiger partial charge >= 0.3 is 0 Å². The standard InChI is InChI=1S/C10H12ClFN6O2S/c1-13-4-6-2-7(3-8(12)10(6)11)21(19,20)14-5-9-15-17-18-16-9/h2-3,13-14H,4-5H2,1H3,(H,15,16,17,18). The minimum absolute atomic E-state index is 0.110. The predicted molar refractivity (Wildman–Crippen MR) is 72.4 cm³/mol. The summed E-state index contributed by atoms with van der Waals surface area (Å²) in [6.07, 6.45) is 0. The molecule has 0 fully saturated rings. The topological polar surface area (TPSA) is 113 Å². The molecule has 2 aromatic rings. The van der Waals surface area contributed by atoms with Gasteiger partial charge in [-0.05, 0) is 24.7 Å². The normalized spacial score (nSPS) is 11.8. The molecule has 0 bridgehead atoms. The number of nitrogens with zero attached hydrogens (tertiary/aromatic N) is 3. The van der Waals surface area contributed by atoms with Crippen LogP contribution in [0.15, 0.2) is 17.0 Å². The maximum atomic E-state index is 13.7. The number of hydrogen-bond donors (Lipinski definition) is 3. The van der Waals surface area contributed by atoms with Gasteiger partial charge in [-0.3, -0.25) is 0 Å². The monoisotopic (exact) mass is 334 g/mol. The van der Waals surface area contributed by atoms with Gasteiger partial charge in [-0.25, -0.2) is 17.5 Å². The van der Waals surface area contributed by atoms with E-state index in [2.05, 4.69) is 30.7 Å². The molecule has 0 aliphatic rings. The third-order valence-electron chi connectivity index (χ3n) is 2.56. The van der Waals surface area contributed by atoms with Crippen molar-refractivity contribution < 1.29 is 12.8 Å². The summed E-state index contributed by atoms with van der Waals surface area (Å²) in [5, 5.41) is 15.4. The van der Waals surface area contributed by atoms with Crippen LogP contribution in [0.4, 0.5) is 4.39 Å². The molecule has 1 aromatic carbocycles. The zero-order valence-corrected chi connectivity index (χ0v) is 12.5. The summed E-state index contributed by atoms with van der Waals surface area (Å²) in [5.74, 6) is -0.632. The molecule has 0 spiro atoms. The average Bonchev–Trinajstić information content (AvgIpc) is 2.95. The summed E-state index contributed by atoms with van der Waals surface area (Å²) in [6.45, 7) is 0.0778. The molecule has 11 heteroatoms. The van der Waals surface area contributed by atoms with Crippen molar-refractivity contribution in [2.45, 2.75) is 18.0 Å². The number of halogens is 2. The molecule has 0 aliphatic carbocycles. The summed E-state index contributed by atoms with van der Waals surface area (Å²) in [7, 11) is -2.27. The second kappa shape index (κ2) is 6.43. The van der Waals surface area contributed by atoms with Crippen molar-refractivity contribution >= 4 is 21.6 Å². The number of nitrogens with one attached hydrogen (secondary N) is 3. The first-order chi connectivity index (χ1) is 9.94. The molecule has 0 unspecified atom stereocenters. The maximum Gasteiger partial charge on any atom is 0.241 e. The fraction of sp³-hybridized carbons (Fsp3) is 0.300. The number of benzene rings is 1. The Balaban J connectivity index is 2.27. The van der Waals surface area contributed by atoms with E-state index in [1.165, 1.54) is 6.07 Å². The van der Waals surface area contributed by atoms with Gasteiger partial charge in [0.25, 0.3) is 0 Å². The number of aromatic nitrogens is 4. The van der Waals surface area contributed by atoms with Gasteiger partial charge in [0.05, 0.1) is 16.5 Å². The number of sulfonamides is 1. The van der Waals surface area contributed by atoms with E-state index in [1.807, 2.05) is 0 Å². The highest BCUT2D eigenvalue weighted by Gasteiger charge is 2.19. The molecule has 2 rings (SSSR count). The molecule has 114 valence electrons. The van der Waals surface area contributed by atoms with Crippen molar-refractivity contribution in [3.63, 3.8) is 0 Å². The van der Waals surface area contributed by atoms with Crippen LogP contribution in [0.1, 0.15) is 11.4 Å². The summed E-state index contributed by atoms with van der Waals surface area (Å²) in [5.41, 5.74) is 0.346. The predicted octanol–water partition coefficient (Wildman–Crippen LogP) is 0.190. The van der Waals surface area contributed by atoms with Gasteiger partial charge in [-0.15, -0.1) is 10.2 Å². The van der Waals surface area contributed by atoms with Crippen molar-refractivity contribution in [1.29, 1.82) is 0 Å². The Morgan fingerprint density at radius 3 is 2.76 bits per heavy atom. The molecule has 0 amide bonds. The Labute approximate surface area is 125 Å². The van der Waals surface area contributed by atoms with Gasteiger partial charge in [-0.2, -0.15) is 5.21 Å². The van der Waals surface area contributed by atoms with Crippen LogP contribution < -0.4 is 10.0 Å². The minimum Gasteiger partial charge on any atom is -0.316 e. The molecular formula is C10H12ClFN6O2S. The zero-order chi connectivity index (χ0) is 15.5. The summed E-state index contributed by atoms with van der Waals surface area (Å²) in [4.78, 5) is -0.224. The lowest BCUT2D eigenvalue weighted by molar-refractivity contribution is 0.574. The summed E-state index contributed by atoms with van der Waals surface area (Å²) >= 11 is 5.79. The molecule has 0 atom stereocenters. The molecule has 0 saturated heterocycles. The molecule has 0 aliphatic heterocycles. The lowest BCUT2D eigenvalue weighted by Crippen LogP contribution is -2.24. The highest BCUT2D eigenvalue weighted by molar-refractivity contribution is 7.89. The van der Waals surface area contributed by atoms with Crippen LogP contribution in [0.5, 0.6) is 0 Å². The van der Waals surface area contributed by atoms with E-state index >= 15 is 0 Å². The van der Waals surface area contributed by atoms with E-state index in [1.54, 1.807) is 7.05 Å². The Hall–Kier alpha value is -1.62. The van der Waals surface area contributed by atoms with E-state index < -0.39 is 15.8 Å². The Morgan fingerprint density at radius 2 is 2.14 bits per heavy atom. The molecular weight excluding hydrogens is 323 g/mol. The second-order valence-corrected chi connectivity index (χ2v) is 6.21. The third-order valence-corrected chi connectivity index (χ3v) is 4.37. The third kappa shape index (κ3) is 3.73. The molecule has 1 heterocycles. The van der Waals surface area contributed by atoms with E-state index in [0.717, 1.165) is 6.07 Å². The van der Waals surface area contributed by atoms with Crippen molar-refractivity contribution in [2.24, 2.45) is 0 Å². The van der Waals surface area contributed by atoms with Gasteiger partial charge in [0.2, 0.25) is 10.0 Å². The number of tetrazole rings is 1. The van der Waals surface area contributed by atoms with Crippen LogP contribution in [0.3, 0.4) is 0 Å². The largest absolute Gasteiger partial charge is 0.316 e. The van der Waals surface area contributed by atoms with Crippen LogP contribution in [0.25, 0.3) is 0 Å². The van der Waals surface area contributed by atoms with Crippen LogP contribution in [-0.4, -0.2) is 36.1 Å². The van der Waals surface area contributed by atoms with Gasteiger partial charge in [-0.1, -0.05) is 16.8 Å². The van der Waals surface area contributed by atoms with Crippen LogP contribution in [0.2, 0.25) is 5.02 Å². The molecule has 0 radical (unpaired) electrons. The van der Waals surface area contributed by atoms with E-state index in [-0.39, 0.29) is 28.8 Å². The lowest BCUT2D eigenvalue weighted by atomic mass is 10.2.